The average Bonchev–Trinajstić information content (AvgIpc) is 2.87. The molecule has 1 aliphatic heterocycles. The monoisotopic (exact) mass is 285 g/mol. The van der Waals surface area contributed by atoms with E-state index < -0.39 is 0 Å². The highest BCUT2D eigenvalue weighted by atomic mass is 16.5. The highest BCUT2D eigenvalue weighted by molar-refractivity contribution is 6.03. The topological polar surface area (TPSA) is 75.4 Å². The van der Waals surface area contributed by atoms with E-state index in [-0.39, 0.29) is 18.4 Å². The molecule has 0 unspecified atom stereocenters. The van der Waals surface area contributed by atoms with Gasteiger partial charge in [0.05, 0.1) is 0 Å². The van der Waals surface area contributed by atoms with Crippen molar-refractivity contribution in [3.63, 3.8) is 0 Å². The number of hydrogen-bond acceptors (Lipinski definition) is 4. The molecule has 2 amide bonds. The van der Waals surface area contributed by atoms with E-state index in [4.69, 9.17) is 4.52 Å². The number of carbonyl (C=O) groups is 2. The third-order valence-electron chi connectivity index (χ3n) is 3.39. The molecule has 0 spiro atoms. The Kier molecular flexibility index (Phi) is 3.43. The first-order valence-electron chi connectivity index (χ1n) is 6.75. The lowest BCUT2D eigenvalue weighted by atomic mass is 10.0. The van der Waals surface area contributed by atoms with E-state index in [1.54, 1.807) is 13.0 Å². The summed E-state index contributed by atoms with van der Waals surface area (Å²) in [6.07, 6.45) is 1.14. The van der Waals surface area contributed by atoms with Gasteiger partial charge < -0.3 is 14.7 Å². The summed E-state index contributed by atoms with van der Waals surface area (Å²) in [5.41, 5.74) is 1.89. The first kappa shape index (κ1) is 13.4. The van der Waals surface area contributed by atoms with Gasteiger partial charge in [-0.1, -0.05) is 23.4 Å². The second kappa shape index (κ2) is 5.40. The fraction of sp³-hybridized carbons (Fsp3) is 0.267. The number of hydrogen-bond donors (Lipinski definition) is 1. The molecule has 6 heteroatoms. The van der Waals surface area contributed by atoms with Crippen LogP contribution in [-0.2, 0) is 16.0 Å². The molecule has 2 heterocycles. The Bertz CT molecular complexity index is 693. The fourth-order valence-corrected chi connectivity index (χ4v) is 2.42. The molecule has 0 fully saturated rings. The van der Waals surface area contributed by atoms with Crippen molar-refractivity contribution in [1.29, 1.82) is 0 Å². The van der Waals surface area contributed by atoms with Gasteiger partial charge in [-0.05, 0) is 25.0 Å². The van der Waals surface area contributed by atoms with Crippen LogP contribution in [0.15, 0.2) is 34.9 Å². The summed E-state index contributed by atoms with van der Waals surface area (Å²) in [6, 6.07) is 9.27. The van der Waals surface area contributed by atoms with Crippen LogP contribution in [0.1, 0.15) is 17.7 Å². The van der Waals surface area contributed by atoms with Crippen LogP contribution >= 0.6 is 0 Å². The lowest BCUT2D eigenvalue weighted by Gasteiger charge is -2.28. The molecule has 3 rings (SSSR count). The van der Waals surface area contributed by atoms with Crippen molar-refractivity contribution in [3.8, 4) is 0 Å². The minimum atomic E-state index is -0.298. The maximum atomic E-state index is 12.1. The first-order valence-corrected chi connectivity index (χ1v) is 6.75. The third kappa shape index (κ3) is 2.79. The molecule has 0 saturated heterocycles. The second-order valence-corrected chi connectivity index (χ2v) is 4.98. The summed E-state index contributed by atoms with van der Waals surface area (Å²) in [7, 11) is 0. The summed E-state index contributed by atoms with van der Waals surface area (Å²) in [6.45, 7) is 1.72. The molecule has 1 aliphatic rings. The van der Waals surface area contributed by atoms with E-state index >= 15 is 0 Å². The van der Waals surface area contributed by atoms with Crippen LogP contribution in [0.2, 0.25) is 0 Å². The molecular formula is C15H15N3O3. The SMILES string of the molecule is Cc1cc(NC(=O)CN2C(=O)CCc3ccccc32)no1. The van der Waals surface area contributed by atoms with E-state index in [9.17, 15) is 9.59 Å². The first-order chi connectivity index (χ1) is 10.1. The standard InChI is InChI=1S/C15H15N3O3/c1-10-8-13(17-21-10)16-14(19)9-18-12-5-3-2-4-11(12)6-7-15(18)20/h2-5,8H,6-7,9H2,1H3,(H,16,17,19). The molecule has 1 aromatic carbocycles. The van der Waals surface area contributed by atoms with E-state index in [0.29, 0.717) is 18.0 Å². The number of fused-ring (bicyclic) bond motifs is 1. The fourth-order valence-electron chi connectivity index (χ4n) is 2.42. The van der Waals surface area contributed by atoms with E-state index in [0.717, 1.165) is 17.7 Å². The molecule has 1 N–H and O–H groups in total. The minimum absolute atomic E-state index is 0.0260. The molecule has 0 atom stereocenters. The normalized spacial score (nSPS) is 14.0. The Hall–Kier alpha value is -2.63. The second-order valence-electron chi connectivity index (χ2n) is 4.98. The zero-order chi connectivity index (χ0) is 14.8. The summed E-state index contributed by atoms with van der Waals surface area (Å²) >= 11 is 0. The Labute approximate surface area is 121 Å². The lowest BCUT2D eigenvalue weighted by Crippen LogP contribution is -2.40. The van der Waals surface area contributed by atoms with Crippen LogP contribution in [0.25, 0.3) is 0 Å². The van der Waals surface area contributed by atoms with Crippen LogP contribution in [0.5, 0.6) is 0 Å². The third-order valence-corrected chi connectivity index (χ3v) is 3.39. The smallest absolute Gasteiger partial charge is 0.245 e. The Morgan fingerprint density at radius 2 is 2.19 bits per heavy atom. The number of carbonyl (C=O) groups excluding carboxylic acids is 2. The Morgan fingerprint density at radius 1 is 1.38 bits per heavy atom. The summed E-state index contributed by atoms with van der Waals surface area (Å²) in [5.74, 6) is 0.633. The minimum Gasteiger partial charge on any atom is -0.360 e. The number of aryl methyl sites for hydroxylation is 2. The van der Waals surface area contributed by atoms with Gasteiger partial charge >= 0.3 is 0 Å². The molecule has 2 aromatic rings. The van der Waals surface area contributed by atoms with Crippen LogP contribution in [0.3, 0.4) is 0 Å². The lowest BCUT2D eigenvalue weighted by molar-refractivity contribution is -0.121. The predicted octanol–water partition coefficient (Wildman–Crippen LogP) is 1.90. The number of nitrogens with zero attached hydrogens (tertiary/aromatic N) is 2. The maximum Gasteiger partial charge on any atom is 0.245 e. The van der Waals surface area contributed by atoms with Crippen molar-refractivity contribution in [2.24, 2.45) is 0 Å². The predicted molar refractivity (Wildman–Crippen MR) is 77.0 cm³/mol. The number of amides is 2. The molecule has 1 aromatic heterocycles. The summed E-state index contributed by atoms with van der Waals surface area (Å²) < 4.78 is 4.89. The van der Waals surface area contributed by atoms with Gasteiger partial charge in [-0.3, -0.25) is 9.59 Å². The van der Waals surface area contributed by atoms with Crippen molar-refractivity contribution in [2.75, 3.05) is 16.8 Å². The highest BCUT2D eigenvalue weighted by Crippen LogP contribution is 2.27. The van der Waals surface area contributed by atoms with Crippen molar-refractivity contribution >= 4 is 23.3 Å². The number of anilines is 2. The van der Waals surface area contributed by atoms with Gasteiger partial charge in [0.2, 0.25) is 11.8 Å². The number of nitrogens with one attached hydrogen (secondary N) is 1. The van der Waals surface area contributed by atoms with Crippen LogP contribution < -0.4 is 10.2 Å². The zero-order valence-corrected chi connectivity index (χ0v) is 11.6. The molecule has 0 saturated carbocycles. The van der Waals surface area contributed by atoms with E-state index in [2.05, 4.69) is 10.5 Å². The number of rotatable bonds is 3. The zero-order valence-electron chi connectivity index (χ0n) is 11.6. The van der Waals surface area contributed by atoms with Crippen LogP contribution in [-0.4, -0.2) is 23.5 Å². The van der Waals surface area contributed by atoms with Crippen molar-refractivity contribution < 1.29 is 14.1 Å². The van der Waals surface area contributed by atoms with Gasteiger partial charge in [0.15, 0.2) is 5.82 Å². The van der Waals surface area contributed by atoms with Gasteiger partial charge in [0.25, 0.3) is 0 Å². The summed E-state index contributed by atoms with van der Waals surface area (Å²) in [5, 5.41) is 6.33. The van der Waals surface area contributed by atoms with Crippen LogP contribution in [0, 0.1) is 6.92 Å². The van der Waals surface area contributed by atoms with Gasteiger partial charge in [-0.25, -0.2) is 0 Å². The Balaban J connectivity index is 1.74. The molecule has 21 heavy (non-hydrogen) atoms. The van der Waals surface area contributed by atoms with E-state index in [1.165, 1.54) is 4.90 Å². The average molecular weight is 285 g/mol. The largest absolute Gasteiger partial charge is 0.360 e. The van der Waals surface area contributed by atoms with Crippen molar-refractivity contribution in [1.82, 2.24) is 5.16 Å². The number of para-hydroxylation sites is 1. The molecule has 108 valence electrons. The van der Waals surface area contributed by atoms with Crippen molar-refractivity contribution in [3.05, 3.63) is 41.7 Å². The van der Waals surface area contributed by atoms with Crippen molar-refractivity contribution in [2.45, 2.75) is 19.8 Å². The van der Waals surface area contributed by atoms with Gasteiger partial charge in [0.1, 0.15) is 12.3 Å². The maximum absolute atomic E-state index is 12.1. The van der Waals surface area contributed by atoms with Gasteiger partial charge in [-0.15, -0.1) is 0 Å². The number of aromatic nitrogens is 1. The Morgan fingerprint density at radius 3 is 2.95 bits per heavy atom. The quantitative estimate of drug-likeness (QED) is 0.934. The highest BCUT2D eigenvalue weighted by Gasteiger charge is 2.25. The molecule has 6 nitrogen and oxygen atoms in total. The molecule has 0 aliphatic carbocycles. The van der Waals surface area contributed by atoms with E-state index in [1.807, 2.05) is 24.3 Å². The van der Waals surface area contributed by atoms with Crippen LogP contribution in [0.4, 0.5) is 11.5 Å². The van der Waals surface area contributed by atoms with Gasteiger partial charge in [0, 0.05) is 18.2 Å². The molecule has 0 radical (unpaired) electrons. The molecular weight excluding hydrogens is 270 g/mol. The van der Waals surface area contributed by atoms with Gasteiger partial charge in [-0.2, -0.15) is 0 Å². The number of benzene rings is 1. The summed E-state index contributed by atoms with van der Waals surface area (Å²) in [4.78, 5) is 25.6. The molecule has 0 bridgehead atoms.